The van der Waals surface area contributed by atoms with Gasteiger partial charge in [0.1, 0.15) is 0 Å². The molecule has 0 aromatic heterocycles. The van der Waals surface area contributed by atoms with Crippen molar-refractivity contribution >= 4 is 0 Å². The van der Waals surface area contributed by atoms with E-state index in [0.717, 1.165) is 0 Å². The van der Waals surface area contributed by atoms with E-state index in [9.17, 15) is 0 Å². The molecule has 0 bridgehead atoms. The van der Waals surface area contributed by atoms with E-state index in [0.29, 0.717) is 0 Å². The van der Waals surface area contributed by atoms with E-state index in [-0.39, 0.29) is 17.1 Å². The van der Waals surface area contributed by atoms with Gasteiger partial charge in [-0.3, -0.25) is 0 Å². The monoisotopic (exact) mass is 238 g/mol. The van der Waals surface area contributed by atoms with Crippen LogP contribution < -0.4 is 0 Å². The van der Waals surface area contributed by atoms with Gasteiger partial charge in [0.25, 0.3) is 0 Å². The van der Waals surface area contributed by atoms with Crippen LogP contribution in [0.25, 0.3) is 0 Å². The van der Waals surface area contributed by atoms with Crippen LogP contribution in [0, 0.1) is 63.7 Å². The Morgan fingerprint density at radius 1 is 0.800 bits per heavy atom. The molecule has 2 fully saturated rings. The molecule has 0 unspecified atom stereocenters. The van der Waals surface area contributed by atoms with Gasteiger partial charge in [0.05, 0.1) is 0 Å². The summed E-state index contributed by atoms with van der Waals surface area (Å²) in [4.78, 5) is 0. The van der Waals surface area contributed by atoms with Crippen molar-refractivity contribution in [2.24, 2.45) is 0 Å². The molecular formula is C14H14Fe+2. The maximum atomic E-state index is 3.57. The molecule has 2 saturated carbocycles. The second-order valence-electron chi connectivity index (χ2n) is 2.78. The van der Waals surface area contributed by atoms with Crippen molar-refractivity contribution in [3.05, 3.63) is 88.5 Å². The molecule has 1 heteroatoms. The summed E-state index contributed by atoms with van der Waals surface area (Å²) in [6, 6.07) is 0. The van der Waals surface area contributed by atoms with E-state index in [4.69, 9.17) is 0 Å². The molecule has 0 saturated heterocycles. The van der Waals surface area contributed by atoms with Crippen LogP contribution in [0.1, 0.15) is 0 Å². The smallest absolute Gasteiger partial charge is 0.0991 e. The van der Waals surface area contributed by atoms with Gasteiger partial charge in [-0.15, -0.1) is 0 Å². The topological polar surface area (TPSA) is 0 Å². The molecule has 0 aromatic carbocycles. The van der Waals surface area contributed by atoms with Gasteiger partial charge in [-0.05, 0) is 57.8 Å². The molecule has 0 aromatic rings. The van der Waals surface area contributed by atoms with Crippen LogP contribution in [0.4, 0.5) is 0 Å². The van der Waals surface area contributed by atoms with Gasteiger partial charge in [-0.25, -0.2) is 0 Å². The average molecular weight is 238 g/mol. The van der Waals surface area contributed by atoms with Gasteiger partial charge in [0.2, 0.25) is 0 Å². The van der Waals surface area contributed by atoms with Gasteiger partial charge < -0.3 is 0 Å². The number of rotatable bonds is 2. The first-order valence-corrected chi connectivity index (χ1v) is 4.61. The van der Waals surface area contributed by atoms with Crippen molar-refractivity contribution in [1.29, 1.82) is 0 Å². The molecule has 2 aliphatic rings. The van der Waals surface area contributed by atoms with Crippen molar-refractivity contribution in [1.82, 2.24) is 0 Å². The molecule has 15 heavy (non-hydrogen) atoms. The third kappa shape index (κ3) is 7.87. The van der Waals surface area contributed by atoms with Crippen molar-refractivity contribution in [2.75, 3.05) is 0 Å². The van der Waals surface area contributed by atoms with Crippen LogP contribution >= 0.6 is 0 Å². The summed E-state index contributed by atoms with van der Waals surface area (Å²) in [5, 5.41) is 0. The maximum Gasteiger partial charge on any atom is 2.00 e. The summed E-state index contributed by atoms with van der Waals surface area (Å²) in [7, 11) is 0. The molecule has 76 valence electrons. The van der Waals surface area contributed by atoms with E-state index < -0.39 is 0 Å². The molecule has 2 aliphatic carbocycles. The number of hydrogen-bond acceptors (Lipinski definition) is 0. The minimum atomic E-state index is 0. The first kappa shape index (κ1) is 15.0. The second kappa shape index (κ2) is 10.5. The Bertz CT molecular complexity index is 155. The fraction of sp³-hybridized carbons (Fsp3) is 0. The minimum absolute atomic E-state index is 0. The zero-order chi connectivity index (χ0) is 10.1. The maximum absolute atomic E-state index is 3.57. The summed E-state index contributed by atoms with van der Waals surface area (Å²) in [5.74, 6) is 1.23. The summed E-state index contributed by atoms with van der Waals surface area (Å²) in [6.07, 6.45) is 23.9. The zero-order valence-corrected chi connectivity index (χ0v) is 9.59. The second-order valence-corrected chi connectivity index (χ2v) is 2.78. The summed E-state index contributed by atoms with van der Waals surface area (Å²) >= 11 is 0. The van der Waals surface area contributed by atoms with Crippen LogP contribution in [-0.2, 0) is 17.1 Å². The van der Waals surface area contributed by atoms with E-state index in [2.05, 4.69) is 19.4 Å². The minimum Gasteiger partial charge on any atom is -0.0991 e. The fourth-order valence-corrected chi connectivity index (χ4v) is 1.000. The molecule has 0 spiro atoms. The Hall–Kier alpha value is -0.000519. The van der Waals surface area contributed by atoms with Crippen molar-refractivity contribution in [3.8, 4) is 0 Å². The van der Waals surface area contributed by atoms with Gasteiger partial charge >= 0.3 is 17.1 Å². The van der Waals surface area contributed by atoms with E-state index >= 15 is 0 Å². The van der Waals surface area contributed by atoms with E-state index in [1.54, 1.807) is 6.08 Å². The van der Waals surface area contributed by atoms with Crippen LogP contribution in [-0.4, -0.2) is 0 Å². The summed E-state index contributed by atoms with van der Waals surface area (Å²) in [6.45, 7) is 3.57. The molecule has 2 rings (SSSR count). The van der Waals surface area contributed by atoms with Crippen LogP contribution in [0.3, 0.4) is 0 Å². The first-order chi connectivity index (χ1) is 6.93. The van der Waals surface area contributed by atoms with Gasteiger partial charge in [-0.1, -0.05) is 24.8 Å². The van der Waals surface area contributed by atoms with Crippen molar-refractivity contribution in [3.63, 3.8) is 0 Å². The fourth-order valence-electron chi connectivity index (χ4n) is 1.000. The molecular weight excluding hydrogens is 224 g/mol. The third-order valence-corrected chi connectivity index (χ3v) is 1.67. The molecule has 0 nitrogen and oxygen atoms in total. The molecule has 0 heterocycles. The quantitative estimate of drug-likeness (QED) is 0.512. The largest absolute Gasteiger partial charge is 2.00 e. The Morgan fingerprint density at radius 3 is 1.67 bits per heavy atom. The third-order valence-electron chi connectivity index (χ3n) is 1.67. The number of allylic oxidation sites excluding steroid dienone is 3. The number of hydrogen-bond donors (Lipinski definition) is 0. The standard InChI is InChI=1S/C9H9.C5H5.Fe/c1-2-3-6-9-7-4-5-8-9;1-2-4-5-3-1;/h2-8H,1H2;1-5H;/q;;+2/b6-3+;;. The van der Waals surface area contributed by atoms with Crippen molar-refractivity contribution < 1.29 is 17.1 Å². The average Bonchev–Trinajstić information content (AvgIpc) is 2.90. The predicted molar refractivity (Wildman–Crippen MR) is 61.3 cm³/mol. The van der Waals surface area contributed by atoms with Crippen LogP contribution in [0.2, 0.25) is 0 Å². The SMILES string of the molecule is C=C/C=C/[C]1[CH][CH][CH][CH]1.[CH]1[CH][CH][CH][CH]1.[Fe+2]. The summed E-state index contributed by atoms with van der Waals surface area (Å²) in [5.41, 5.74) is 0. The predicted octanol–water partition coefficient (Wildman–Crippen LogP) is 3.15. The van der Waals surface area contributed by atoms with Crippen molar-refractivity contribution in [2.45, 2.75) is 0 Å². The molecule has 0 atom stereocenters. The Morgan fingerprint density at radius 2 is 1.27 bits per heavy atom. The van der Waals surface area contributed by atoms with Gasteiger partial charge in [0, 0.05) is 5.92 Å². The van der Waals surface area contributed by atoms with Crippen LogP contribution in [0.15, 0.2) is 24.8 Å². The first-order valence-electron chi connectivity index (χ1n) is 4.61. The van der Waals surface area contributed by atoms with E-state index in [1.165, 1.54) is 5.92 Å². The Labute approximate surface area is 106 Å². The molecule has 0 N–H and O–H groups in total. The zero-order valence-electron chi connectivity index (χ0n) is 8.49. The van der Waals surface area contributed by atoms with E-state index in [1.807, 2.05) is 57.1 Å². The molecule has 10 radical (unpaired) electrons. The van der Waals surface area contributed by atoms with Crippen LogP contribution in [0.5, 0.6) is 0 Å². The molecule has 0 amide bonds. The normalized spacial score (nSPS) is 20.8. The Balaban J connectivity index is 0.000000280. The van der Waals surface area contributed by atoms with Gasteiger partial charge in [0.15, 0.2) is 0 Å². The van der Waals surface area contributed by atoms with Gasteiger partial charge in [-0.2, -0.15) is 0 Å². The molecule has 0 aliphatic heterocycles. The summed E-state index contributed by atoms with van der Waals surface area (Å²) < 4.78 is 0. The Kier molecular flexibility index (Phi) is 10.5.